The minimum atomic E-state index is -0.144. The maximum absolute atomic E-state index is 12.7. The van der Waals surface area contributed by atoms with Crippen LogP contribution in [0.3, 0.4) is 0 Å². The molecule has 25 heavy (non-hydrogen) atoms. The van der Waals surface area contributed by atoms with Gasteiger partial charge in [0.1, 0.15) is 5.76 Å². The van der Waals surface area contributed by atoms with Crippen molar-refractivity contribution in [2.24, 2.45) is 0 Å². The molecular formula is C20H19BrN2O2. The van der Waals surface area contributed by atoms with Crippen LogP contribution in [0.15, 0.2) is 81.9 Å². The normalized spacial score (nSPS) is 10.4. The van der Waals surface area contributed by atoms with Gasteiger partial charge in [0.25, 0.3) is 0 Å². The maximum atomic E-state index is 12.7. The van der Waals surface area contributed by atoms with Crippen molar-refractivity contribution in [3.8, 4) is 0 Å². The summed E-state index contributed by atoms with van der Waals surface area (Å²) in [7, 11) is 0. The number of nitrogens with zero attached hydrogens (tertiary/aromatic N) is 1. The standard InChI is InChI=1S/C20H19BrN2O2/c21-17-8-10-18(11-9-17)22-20(24)23(15-19-7-4-14-25-19)13-12-16-5-2-1-3-6-16/h1-11,14H,12-13,15H2,(H,22,24). The molecule has 0 fully saturated rings. The number of hydrogen-bond donors (Lipinski definition) is 1. The Balaban J connectivity index is 1.68. The molecule has 1 N–H and O–H groups in total. The van der Waals surface area contributed by atoms with Crippen LogP contribution in [-0.2, 0) is 13.0 Å². The van der Waals surface area contributed by atoms with Crippen LogP contribution < -0.4 is 5.32 Å². The molecule has 3 rings (SSSR count). The van der Waals surface area contributed by atoms with E-state index in [9.17, 15) is 4.79 Å². The van der Waals surface area contributed by atoms with E-state index in [1.807, 2.05) is 54.6 Å². The summed E-state index contributed by atoms with van der Waals surface area (Å²) >= 11 is 3.40. The molecule has 0 atom stereocenters. The van der Waals surface area contributed by atoms with Crippen LogP contribution in [0.1, 0.15) is 11.3 Å². The molecule has 0 spiro atoms. The Morgan fingerprint density at radius 3 is 2.44 bits per heavy atom. The Morgan fingerprint density at radius 1 is 1.00 bits per heavy atom. The first kappa shape index (κ1) is 17.3. The summed E-state index contributed by atoms with van der Waals surface area (Å²) in [5.74, 6) is 0.763. The topological polar surface area (TPSA) is 45.5 Å². The fourth-order valence-electron chi connectivity index (χ4n) is 2.49. The van der Waals surface area contributed by atoms with E-state index in [1.54, 1.807) is 11.2 Å². The van der Waals surface area contributed by atoms with Crippen LogP contribution >= 0.6 is 15.9 Å². The van der Waals surface area contributed by atoms with E-state index >= 15 is 0 Å². The van der Waals surface area contributed by atoms with Gasteiger partial charge in [-0.25, -0.2) is 4.79 Å². The van der Waals surface area contributed by atoms with Gasteiger partial charge in [-0.1, -0.05) is 46.3 Å². The molecule has 0 aliphatic carbocycles. The number of nitrogens with one attached hydrogen (secondary N) is 1. The van der Waals surface area contributed by atoms with Crippen molar-refractivity contribution in [3.05, 3.63) is 88.8 Å². The molecule has 5 heteroatoms. The van der Waals surface area contributed by atoms with Gasteiger partial charge in [0.2, 0.25) is 0 Å². The van der Waals surface area contributed by atoms with Gasteiger partial charge in [0, 0.05) is 16.7 Å². The molecular weight excluding hydrogens is 380 g/mol. The second kappa shape index (κ2) is 8.53. The van der Waals surface area contributed by atoms with Crippen LogP contribution in [0.4, 0.5) is 10.5 Å². The summed E-state index contributed by atoms with van der Waals surface area (Å²) in [4.78, 5) is 14.5. The van der Waals surface area contributed by atoms with E-state index < -0.39 is 0 Å². The summed E-state index contributed by atoms with van der Waals surface area (Å²) in [6.45, 7) is 1.04. The van der Waals surface area contributed by atoms with Crippen molar-refractivity contribution in [2.75, 3.05) is 11.9 Å². The number of amides is 2. The van der Waals surface area contributed by atoms with Gasteiger partial charge in [-0.2, -0.15) is 0 Å². The molecule has 4 nitrogen and oxygen atoms in total. The highest BCUT2D eigenvalue weighted by Crippen LogP contribution is 2.16. The quantitative estimate of drug-likeness (QED) is 0.610. The van der Waals surface area contributed by atoms with Crippen molar-refractivity contribution in [1.29, 1.82) is 0 Å². The zero-order valence-electron chi connectivity index (χ0n) is 13.7. The van der Waals surface area contributed by atoms with Crippen molar-refractivity contribution in [1.82, 2.24) is 4.90 Å². The fraction of sp³-hybridized carbons (Fsp3) is 0.150. The lowest BCUT2D eigenvalue weighted by Gasteiger charge is -2.22. The van der Waals surface area contributed by atoms with Crippen molar-refractivity contribution < 1.29 is 9.21 Å². The molecule has 128 valence electrons. The average Bonchev–Trinajstić information content (AvgIpc) is 3.14. The van der Waals surface area contributed by atoms with E-state index in [1.165, 1.54) is 5.56 Å². The first-order valence-corrected chi connectivity index (χ1v) is 8.88. The third kappa shape index (κ3) is 5.22. The lowest BCUT2D eigenvalue weighted by molar-refractivity contribution is 0.205. The largest absolute Gasteiger partial charge is 0.467 e. The number of carbonyl (C=O) groups excluding carboxylic acids is 1. The summed E-state index contributed by atoms with van der Waals surface area (Å²) in [5.41, 5.74) is 1.96. The van der Waals surface area contributed by atoms with Crippen LogP contribution in [-0.4, -0.2) is 17.5 Å². The predicted octanol–water partition coefficient (Wildman–Crippen LogP) is 5.32. The average molecular weight is 399 g/mol. The lowest BCUT2D eigenvalue weighted by Crippen LogP contribution is -2.36. The van der Waals surface area contributed by atoms with E-state index in [0.29, 0.717) is 13.1 Å². The van der Waals surface area contributed by atoms with Crippen LogP contribution in [0.25, 0.3) is 0 Å². The molecule has 0 aliphatic heterocycles. The Bertz CT molecular complexity index is 786. The Morgan fingerprint density at radius 2 is 1.76 bits per heavy atom. The van der Waals surface area contributed by atoms with E-state index in [2.05, 4.69) is 33.4 Å². The Kier molecular flexibility index (Phi) is 5.90. The van der Waals surface area contributed by atoms with Crippen LogP contribution in [0, 0.1) is 0 Å². The van der Waals surface area contributed by atoms with E-state index in [-0.39, 0.29) is 6.03 Å². The van der Waals surface area contributed by atoms with Gasteiger partial charge in [-0.05, 0) is 48.4 Å². The minimum Gasteiger partial charge on any atom is -0.467 e. The fourth-order valence-corrected chi connectivity index (χ4v) is 2.75. The van der Waals surface area contributed by atoms with Gasteiger partial charge in [0.05, 0.1) is 12.8 Å². The molecule has 2 aromatic carbocycles. The van der Waals surface area contributed by atoms with Gasteiger partial charge >= 0.3 is 6.03 Å². The second-order valence-electron chi connectivity index (χ2n) is 5.67. The van der Waals surface area contributed by atoms with E-state index in [0.717, 1.165) is 22.3 Å². The van der Waals surface area contributed by atoms with Crippen molar-refractivity contribution >= 4 is 27.6 Å². The number of rotatable bonds is 6. The minimum absolute atomic E-state index is 0.144. The van der Waals surface area contributed by atoms with Crippen molar-refractivity contribution in [3.63, 3.8) is 0 Å². The highest BCUT2D eigenvalue weighted by atomic mass is 79.9. The summed E-state index contributed by atoms with van der Waals surface area (Å²) < 4.78 is 6.38. The Labute approximate surface area is 155 Å². The second-order valence-corrected chi connectivity index (χ2v) is 6.59. The van der Waals surface area contributed by atoms with Crippen LogP contribution in [0.2, 0.25) is 0 Å². The first-order valence-electron chi connectivity index (χ1n) is 8.08. The number of hydrogen-bond acceptors (Lipinski definition) is 2. The molecule has 0 aliphatic rings. The molecule has 0 radical (unpaired) electrons. The highest BCUT2D eigenvalue weighted by Gasteiger charge is 2.15. The van der Waals surface area contributed by atoms with Gasteiger partial charge in [0.15, 0.2) is 0 Å². The molecule has 0 saturated heterocycles. The zero-order valence-corrected chi connectivity index (χ0v) is 15.3. The van der Waals surface area contributed by atoms with Gasteiger partial charge < -0.3 is 14.6 Å². The van der Waals surface area contributed by atoms with Gasteiger partial charge in [-0.3, -0.25) is 0 Å². The number of urea groups is 1. The third-order valence-electron chi connectivity index (χ3n) is 3.82. The number of anilines is 1. The highest BCUT2D eigenvalue weighted by molar-refractivity contribution is 9.10. The monoisotopic (exact) mass is 398 g/mol. The molecule has 0 saturated carbocycles. The number of furan rings is 1. The summed E-state index contributed by atoms with van der Waals surface area (Å²) in [6.07, 6.45) is 2.41. The maximum Gasteiger partial charge on any atom is 0.322 e. The SMILES string of the molecule is O=C(Nc1ccc(Br)cc1)N(CCc1ccccc1)Cc1ccco1. The molecule has 2 amide bonds. The van der Waals surface area contributed by atoms with Crippen LogP contribution in [0.5, 0.6) is 0 Å². The molecule has 1 aromatic heterocycles. The van der Waals surface area contributed by atoms with Crippen molar-refractivity contribution in [2.45, 2.75) is 13.0 Å². The number of benzene rings is 2. The smallest absolute Gasteiger partial charge is 0.322 e. The molecule has 1 heterocycles. The van der Waals surface area contributed by atoms with Gasteiger partial charge in [-0.15, -0.1) is 0 Å². The first-order chi connectivity index (χ1) is 12.2. The predicted molar refractivity (Wildman–Crippen MR) is 102 cm³/mol. The van der Waals surface area contributed by atoms with E-state index in [4.69, 9.17) is 4.42 Å². The number of halogens is 1. The number of carbonyl (C=O) groups is 1. The third-order valence-corrected chi connectivity index (χ3v) is 4.35. The summed E-state index contributed by atoms with van der Waals surface area (Å²) in [5, 5.41) is 2.94. The molecule has 3 aromatic rings. The molecule has 0 unspecified atom stereocenters. The molecule has 0 bridgehead atoms. The zero-order chi connectivity index (χ0) is 17.5. The Hall–Kier alpha value is -2.53. The lowest BCUT2D eigenvalue weighted by atomic mass is 10.1. The summed E-state index contributed by atoms with van der Waals surface area (Å²) in [6, 6.07) is 21.2.